The fraction of sp³-hybridized carbons (Fsp3) is 0.905. The van der Waals surface area contributed by atoms with Gasteiger partial charge < -0.3 is 14.9 Å². The summed E-state index contributed by atoms with van der Waals surface area (Å²) in [6, 6.07) is 0. The Morgan fingerprint density at radius 3 is 1.85 bits per heavy atom. The van der Waals surface area contributed by atoms with E-state index < -0.39 is 11.6 Å². The van der Waals surface area contributed by atoms with Gasteiger partial charge in [-0.2, -0.15) is 0 Å². The van der Waals surface area contributed by atoms with Crippen molar-refractivity contribution in [1.82, 2.24) is 0 Å². The molecule has 1 unspecified atom stereocenters. The van der Waals surface area contributed by atoms with E-state index in [-0.39, 0.29) is 25.4 Å². The Hall–Kier alpha value is -1.10. The fourth-order valence-electron chi connectivity index (χ4n) is 3.03. The van der Waals surface area contributed by atoms with E-state index in [1.54, 1.807) is 0 Å². The Morgan fingerprint density at radius 1 is 0.769 bits per heavy atom. The SMILES string of the molecule is CCCCCCCCC(O)(CCCOC(=O)CCCCCCC)C(=O)O. The molecule has 5 nitrogen and oxygen atoms in total. The van der Waals surface area contributed by atoms with Gasteiger partial charge >= 0.3 is 11.9 Å². The number of unbranched alkanes of at least 4 members (excludes halogenated alkanes) is 9. The van der Waals surface area contributed by atoms with Crippen LogP contribution in [0, 0.1) is 0 Å². The first-order chi connectivity index (χ1) is 12.5. The smallest absolute Gasteiger partial charge is 0.335 e. The van der Waals surface area contributed by atoms with E-state index in [1.807, 2.05) is 0 Å². The molecule has 0 aliphatic rings. The van der Waals surface area contributed by atoms with E-state index >= 15 is 0 Å². The number of rotatable bonds is 18. The second kappa shape index (κ2) is 16.1. The summed E-state index contributed by atoms with van der Waals surface area (Å²) in [5, 5.41) is 19.7. The highest BCUT2D eigenvalue weighted by Gasteiger charge is 2.34. The number of hydrogen-bond acceptors (Lipinski definition) is 4. The zero-order chi connectivity index (χ0) is 19.7. The standard InChI is InChI=1S/C21H40O5/c1-3-5-7-9-11-13-16-21(25,20(23)24)17-14-18-26-19(22)15-12-10-8-6-4-2/h25H,3-18H2,1-2H3,(H,23,24). The number of aliphatic hydroxyl groups is 1. The number of carboxylic acids is 1. The quantitative estimate of drug-likeness (QED) is 0.254. The molecule has 0 aromatic heterocycles. The topological polar surface area (TPSA) is 83.8 Å². The maximum absolute atomic E-state index is 11.6. The first kappa shape index (κ1) is 24.9. The molecule has 26 heavy (non-hydrogen) atoms. The minimum Gasteiger partial charge on any atom is -0.479 e. The summed E-state index contributed by atoms with van der Waals surface area (Å²) < 4.78 is 5.15. The first-order valence-electron chi connectivity index (χ1n) is 10.6. The summed E-state index contributed by atoms with van der Waals surface area (Å²) >= 11 is 0. The lowest BCUT2D eigenvalue weighted by molar-refractivity contribution is -0.160. The molecular weight excluding hydrogens is 332 g/mol. The van der Waals surface area contributed by atoms with Gasteiger partial charge in [-0.1, -0.05) is 71.6 Å². The number of ether oxygens (including phenoxy) is 1. The number of hydrogen-bond donors (Lipinski definition) is 2. The van der Waals surface area contributed by atoms with Crippen molar-refractivity contribution < 1.29 is 24.5 Å². The third-order valence-corrected chi connectivity index (χ3v) is 4.82. The van der Waals surface area contributed by atoms with Crippen LogP contribution in [-0.4, -0.2) is 34.4 Å². The average Bonchev–Trinajstić information content (AvgIpc) is 2.61. The summed E-state index contributed by atoms with van der Waals surface area (Å²) in [6.45, 7) is 4.49. The van der Waals surface area contributed by atoms with Crippen LogP contribution >= 0.6 is 0 Å². The predicted octanol–water partition coefficient (Wildman–Crippen LogP) is 5.24. The van der Waals surface area contributed by atoms with Crippen molar-refractivity contribution in [3.8, 4) is 0 Å². The molecular formula is C21H40O5. The molecule has 154 valence electrons. The lowest BCUT2D eigenvalue weighted by Crippen LogP contribution is -2.38. The second-order valence-corrected chi connectivity index (χ2v) is 7.34. The molecule has 0 amide bonds. The van der Waals surface area contributed by atoms with Gasteiger partial charge in [-0.25, -0.2) is 4.79 Å². The van der Waals surface area contributed by atoms with Crippen molar-refractivity contribution in [3.63, 3.8) is 0 Å². The molecule has 0 aromatic rings. The van der Waals surface area contributed by atoms with Crippen molar-refractivity contribution in [2.75, 3.05) is 6.61 Å². The number of esters is 1. The van der Waals surface area contributed by atoms with Gasteiger partial charge in [0.25, 0.3) is 0 Å². The van der Waals surface area contributed by atoms with Gasteiger partial charge in [-0.3, -0.25) is 4.79 Å². The molecule has 0 bridgehead atoms. The maximum atomic E-state index is 11.6. The molecule has 0 saturated heterocycles. The highest BCUT2D eigenvalue weighted by molar-refractivity contribution is 5.77. The van der Waals surface area contributed by atoms with E-state index in [0.29, 0.717) is 19.3 Å². The lowest BCUT2D eigenvalue weighted by atomic mass is 9.91. The van der Waals surface area contributed by atoms with Crippen LogP contribution in [-0.2, 0) is 14.3 Å². The number of carbonyl (C=O) groups is 2. The molecule has 1 atom stereocenters. The van der Waals surface area contributed by atoms with Gasteiger partial charge in [-0.15, -0.1) is 0 Å². The fourth-order valence-corrected chi connectivity index (χ4v) is 3.03. The van der Waals surface area contributed by atoms with Crippen molar-refractivity contribution in [2.45, 2.75) is 116 Å². The van der Waals surface area contributed by atoms with E-state index in [4.69, 9.17) is 4.74 Å². The zero-order valence-electron chi connectivity index (χ0n) is 16.9. The van der Waals surface area contributed by atoms with Crippen molar-refractivity contribution in [1.29, 1.82) is 0 Å². The molecule has 0 fully saturated rings. The predicted molar refractivity (Wildman–Crippen MR) is 104 cm³/mol. The number of carbonyl (C=O) groups excluding carboxylic acids is 1. The molecule has 0 radical (unpaired) electrons. The van der Waals surface area contributed by atoms with Gasteiger partial charge in [-0.05, 0) is 32.1 Å². The molecule has 0 heterocycles. The normalized spacial score (nSPS) is 13.3. The van der Waals surface area contributed by atoms with Crippen LogP contribution < -0.4 is 0 Å². The van der Waals surface area contributed by atoms with Crippen LogP contribution in [0.1, 0.15) is 110 Å². The van der Waals surface area contributed by atoms with Gasteiger partial charge in [0.1, 0.15) is 0 Å². The van der Waals surface area contributed by atoms with Crippen LogP contribution in [0.4, 0.5) is 0 Å². The van der Waals surface area contributed by atoms with Crippen molar-refractivity contribution >= 4 is 11.9 Å². The molecule has 0 aromatic carbocycles. The molecule has 2 N–H and O–H groups in total. The van der Waals surface area contributed by atoms with E-state index in [9.17, 15) is 19.8 Å². The van der Waals surface area contributed by atoms with Crippen LogP contribution in [0.3, 0.4) is 0 Å². The highest BCUT2D eigenvalue weighted by atomic mass is 16.5. The summed E-state index contributed by atoms with van der Waals surface area (Å²) in [6.07, 6.45) is 12.9. The number of carboxylic acid groups (broad SMARTS) is 1. The summed E-state index contributed by atoms with van der Waals surface area (Å²) in [7, 11) is 0. The lowest BCUT2D eigenvalue weighted by Gasteiger charge is -2.23. The van der Waals surface area contributed by atoms with E-state index in [2.05, 4.69) is 13.8 Å². The zero-order valence-corrected chi connectivity index (χ0v) is 16.9. The van der Waals surface area contributed by atoms with Gasteiger partial charge in [0.2, 0.25) is 0 Å². The Labute approximate surface area is 159 Å². The summed E-state index contributed by atoms with van der Waals surface area (Å²) in [4.78, 5) is 23.0. The van der Waals surface area contributed by atoms with Crippen LogP contribution in [0.15, 0.2) is 0 Å². The molecule has 0 aliphatic carbocycles. The maximum Gasteiger partial charge on any atom is 0.335 e. The van der Waals surface area contributed by atoms with E-state index in [1.165, 1.54) is 25.7 Å². The third-order valence-electron chi connectivity index (χ3n) is 4.82. The summed E-state index contributed by atoms with van der Waals surface area (Å²) in [5.41, 5.74) is -1.70. The molecule has 0 rings (SSSR count). The largest absolute Gasteiger partial charge is 0.479 e. The molecule has 0 aliphatic heterocycles. The minimum absolute atomic E-state index is 0.126. The Morgan fingerprint density at radius 2 is 1.27 bits per heavy atom. The number of aliphatic carboxylic acids is 1. The van der Waals surface area contributed by atoms with Crippen LogP contribution in [0.25, 0.3) is 0 Å². The van der Waals surface area contributed by atoms with Crippen LogP contribution in [0.5, 0.6) is 0 Å². The Kier molecular flexibility index (Phi) is 15.4. The summed E-state index contributed by atoms with van der Waals surface area (Å²) in [5.74, 6) is -1.40. The molecule has 0 saturated carbocycles. The van der Waals surface area contributed by atoms with Crippen molar-refractivity contribution in [2.24, 2.45) is 0 Å². The Bertz CT molecular complexity index is 369. The van der Waals surface area contributed by atoms with Gasteiger partial charge in [0.05, 0.1) is 6.61 Å². The molecule has 5 heteroatoms. The van der Waals surface area contributed by atoms with Crippen molar-refractivity contribution in [3.05, 3.63) is 0 Å². The van der Waals surface area contributed by atoms with Gasteiger partial charge in [0, 0.05) is 6.42 Å². The minimum atomic E-state index is -1.70. The monoisotopic (exact) mass is 372 g/mol. The third kappa shape index (κ3) is 13.2. The molecule has 0 spiro atoms. The first-order valence-corrected chi connectivity index (χ1v) is 10.6. The van der Waals surface area contributed by atoms with Crippen LogP contribution in [0.2, 0.25) is 0 Å². The van der Waals surface area contributed by atoms with Gasteiger partial charge in [0.15, 0.2) is 5.60 Å². The van der Waals surface area contributed by atoms with E-state index in [0.717, 1.165) is 38.5 Å². The second-order valence-electron chi connectivity index (χ2n) is 7.34. The average molecular weight is 373 g/mol. The highest BCUT2D eigenvalue weighted by Crippen LogP contribution is 2.22. The Balaban J connectivity index is 3.87.